The van der Waals surface area contributed by atoms with Gasteiger partial charge in [-0.15, -0.1) is 22.9 Å². The Morgan fingerprint density at radius 2 is 2.05 bits per heavy atom. The van der Waals surface area contributed by atoms with Crippen molar-refractivity contribution in [2.24, 2.45) is 0 Å². The molecule has 7 heteroatoms. The number of sulfonamides is 1. The summed E-state index contributed by atoms with van der Waals surface area (Å²) >= 11 is 6.94. The summed E-state index contributed by atoms with van der Waals surface area (Å²) in [4.78, 5) is 0.961. The molecule has 1 aromatic heterocycles. The fourth-order valence-corrected chi connectivity index (χ4v) is 4.83. The van der Waals surface area contributed by atoms with Gasteiger partial charge in [-0.1, -0.05) is 6.07 Å². The molecule has 1 aromatic carbocycles. The maximum Gasteiger partial charge on any atom is 0.273 e. The molecule has 0 aliphatic rings. The van der Waals surface area contributed by atoms with Crippen molar-refractivity contribution in [1.82, 2.24) is 0 Å². The van der Waals surface area contributed by atoms with Crippen molar-refractivity contribution in [3.8, 4) is 5.75 Å². The van der Waals surface area contributed by atoms with Gasteiger partial charge in [-0.05, 0) is 30.7 Å². The molecule has 21 heavy (non-hydrogen) atoms. The minimum absolute atomic E-state index is 0.313. The lowest BCUT2D eigenvalue weighted by Crippen LogP contribution is -2.25. The minimum Gasteiger partial charge on any atom is -0.497 e. The van der Waals surface area contributed by atoms with Crippen LogP contribution < -0.4 is 9.04 Å². The second-order valence-electron chi connectivity index (χ2n) is 4.33. The third-order valence-electron chi connectivity index (χ3n) is 3.01. The molecule has 2 rings (SSSR count). The lowest BCUT2D eigenvalue weighted by Gasteiger charge is -2.18. The van der Waals surface area contributed by atoms with E-state index in [2.05, 4.69) is 0 Å². The van der Waals surface area contributed by atoms with Crippen molar-refractivity contribution in [1.29, 1.82) is 0 Å². The van der Waals surface area contributed by atoms with Gasteiger partial charge in [0.2, 0.25) is 0 Å². The number of methoxy groups -OCH3 is 1. The zero-order valence-corrected chi connectivity index (χ0v) is 14.1. The Morgan fingerprint density at radius 3 is 2.71 bits per heavy atom. The number of alkyl halides is 1. The molecule has 0 aliphatic carbocycles. The second-order valence-corrected chi connectivity index (χ2v) is 8.08. The van der Waals surface area contributed by atoms with Crippen LogP contribution in [-0.2, 0) is 16.4 Å². The maximum absolute atomic E-state index is 12.6. The van der Waals surface area contributed by atoms with E-state index in [1.54, 1.807) is 43.5 Å². The third-order valence-corrected chi connectivity index (χ3v) is 6.60. The quantitative estimate of drug-likeness (QED) is 0.754. The zero-order valence-electron chi connectivity index (χ0n) is 11.7. The molecule has 0 fully saturated rings. The number of anilines is 1. The van der Waals surface area contributed by atoms with Gasteiger partial charge in [0.25, 0.3) is 10.0 Å². The highest BCUT2D eigenvalue weighted by atomic mass is 35.5. The SMILES string of the molecule is COc1cccc(N(C)S(=O)(=O)c2ccc(CCCl)s2)c1. The predicted molar refractivity (Wildman–Crippen MR) is 87.3 cm³/mol. The molecule has 0 spiro atoms. The average molecular weight is 346 g/mol. The van der Waals surface area contributed by atoms with Gasteiger partial charge < -0.3 is 4.74 Å². The molecule has 114 valence electrons. The maximum atomic E-state index is 12.6. The van der Waals surface area contributed by atoms with Crippen LogP contribution in [0.1, 0.15) is 4.88 Å². The van der Waals surface area contributed by atoms with Crippen molar-refractivity contribution in [3.05, 3.63) is 41.3 Å². The Balaban J connectivity index is 2.32. The molecule has 0 radical (unpaired) electrons. The summed E-state index contributed by atoms with van der Waals surface area (Å²) in [6.45, 7) is 0. The summed E-state index contributed by atoms with van der Waals surface area (Å²) in [5, 5.41) is 0. The lowest BCUT2D eigenvalue weighted by molar-refractivity contribution is 0.415. The molecule has 0 amide bonds. The average Bonchev–Trinajstić information content (AvgIpc) is 2.96. The fourth-order valence-electron chi connectivity index (χ4n) is 1.80. The van der Waals surface area contributed by atoms with Crippen LogP contribution in [0.4, 0.5) is 5.69 Å². The number of nitrogens with zero attached hydrogens (tertiary/aromatic N) is 1. The summed E-state index contributed by atoms with van der Waals surface area (Å²) in [7, 11) is -0.482. The van der Waals surface area contributed by atoms with Gasteiger partial charge in [0.1, 0.15) is 9.96 Å². The van der Waals surface area contributed by atoms with Gasteiger partial charge in [0, 0.05) is 23.9 Å². The van der Waals surface area contributed by atoms with Gasteiger partial charge in [0.05, 0.1) is 12.8 Å². The van der Waals surface area contributed by atoms with Crippen LogP contribution in [0.5, 0.6) is 5.75 Å². The Morgan fingerprint density at radius 1 is 1.29 bits per heavy atom. The standard InChI is InChI=1S/C14H16ClNO3S2/c1-16(11-4-3-5-12(10-11)19-2)21(17,18)14-7-6-13(20-14)8-9-15/h3-7,10H,8-9H2,1-2H3. The number of benzene rings is 1. The molecule has 2 aromatic rings. The monoisotopic (exact) mass is 345 g/mol. The van der Waals surface area contributed by atoms with Crippen LogP contribution in [0.15, 0.2) is 40.6 Å². The Kier molecular flexibility index (Phi) is 5.13. The van der Waals surface area contributed by atoms with Crippen molar-refractivity contribution in [2.45, 2.75) is 10.6 Å². The first-order valence-corrected chi connectivity index (χ1v) is 9.06. The second kappa shape index (κ2) is 6.68. The van der Waals surface area contributed by atoms with E-state index >= 15 is 0 Å². The minimum atomic E-state index is -3.56. The molecule has 0 N–H and O–H groups in total. The number of hydrogen-bond donors (Lipinski definition) is 0. The summed E-state index contributed by atoms with van der Waals surface area (Å²) in [6.07, 6.45) is 0.671. The molecule has 1 heterocycles. The van der Waals surface area contributed by atoms with E-state index in [4.69, 9.17) is 16.3 Å². The Labute approximate surface area is 134 Å². The zero-order chi connectivity index (χ0) is 15.5. The van der Waals surface area contributed by atoms with Gasteiger partial charge >= 0.3 is 0 Å². The van der Waals surface area contributed by atoms with Crippen LogP contribution in [0, 0.1) is 0 Å². The number of aryl methyl sites for hydroxylation is 1. The number of hydrogen-bond acceptors (Lipinski definition) is 4. The third kappa shape index (κ3) is 3.51. The Bertz CT molecular complexity index is 713. The number of halogens is 1. The highest BCUT2D eigenvalue weighted by molar-refractivity contribution is 7.94. The summed E-state index contributed by atoms with van der Waals surface area (Å²) in [5.74, 6) is 1.09. The smallest absolute Gasteiger partial charge is 0.273 e. The molecule has 0 saturated carbocycles. The molecule has 0 bridgehead atoms. The van der Waals surface area contributed by atoms with Gasteiger partial charge in [0.15, 0.2) is 0 Å². The summed E-state index contributed by atoms with van der Waals surface area (Å²) < 4.78 is 31.9. The van der Waals surface area contributed by atoms with E-state index in [0.29, 0.717) is 27.9 Å². The summed E-state index contributed by atoms with van der Waals surface area (Å²) in [6, 6.07) is 10.4. The first-order valence-electron chi connectivity index (χ1n) is 6.26. The number of ether oxygens (including phenoxy) is 1. The van der Waals surface area contributed by atoms with Crippen molar-refractivity contribution in [2.75, 3.05) is 24.3 Å². The van der Waals surface area contributed by atoms with Gasteiger partial charge in [-0.2, -0.15) is 0 Å². The fraction of sp³-hybridized carbons (Fsp3) is 0.286. The van der Waals surface area contributed by atoms with Gasteiger partial charge in [-0.25, -0.2) is 8.42 Å². The highest BCUT2D eigenvalue weighted by Crippen LogP contribution is 2.29. The first-order chi connectivity index (χ1) is 9.98. The molecular formula is C14H16ClNO3S2. The van der Waals surface area contributed by atoms with Crippen LogP contribution in [0.25, 0.3) is 0 Å². The molecule has 0 atom stereocenters. The molecule has 0 unspecified atom stereocenters. The van der Waals surface area contributed by atoms with Gasteiger partial charge in [-0.3, -0.25) is 4.31 Å². The van der Waals surface area contributed by atoms with Crippen molar-refractivity contribution >= 4 is 38.6 Å². The van der Waals surface area contributed by atoms with Crippen molar-refractivity contribution < 1.29 is 13.2 Å². The number of thiophene rings is 1. The Hall–Kier alpha value is -1.24. The number of rotatable bonds is 6. The van der Waals surface area contributed by atoms with E-state index < -0.39 is 10.0 Å². The molecular weight excluding hydrogens is 330 g/mol. The first kappa shape index (κ1) is 16.1. The highest BCUT2D eigenvalue weighted by Gasteiger charge is 2.23. The van der Waals surface area contributed by atoms with E-state index in [1.807, 2.05) is 0 Å². The normalized spacial score (nSPS) is 11.4. The lowest BCUT2D eigenvalue weighted by atomic mass is 10.3. The molecule has 0 aliphatic heterocycles. The predicted octanol–water partition coefficient (Wildman–Crippen LogP) is 3.36. The van der Waals surface area contributed by atoms with Crippen molar-refractivity contribution in [3.63, 3.8) is 0 Å². The van der Waals surface area contributed by atoms with E-state index in [-0.39, 0.29) is 0 Å². The van der Waals surface area contributed by atoms with E-state index in [9.17, 15) is 8.42 Å². The largest absolute Gasteiger partial charge is 0.497 e. The van der Waals surface area contributed by atoms with Crippen LogP contribution >= 0.6 is 22.9 Å². The molecule has 4 nitrogen and oxygen atoms in total. The topological polar surface area (TPSA) is 46.6 Å². The van der Waals surface area contributed by atoms with E-state index in [0.717, 1.165) is 4.88 Å². The van der Waals surface area contributed by atoms with E-state index in [1.165, 1.54) is 22.7 Å². The summed E-state index contributed by atoms with van der Waals surface area (Å²) in [5.41, 5.74) is 0.557. The van der Waals surface area contributed by atoms with Crippen LogP contribution in [-0.4, -0.2) is 28.5 Å². The molecule has 0 saturated heterocycles. The van der Waals surface area contributed by atoms with Crippen LogP contribution in [0.3, 0.4) is 0 Å². The van der Waals surface area contributed by atoms with Crippen LogP contribution in [0.2, 0.25) is 0 Å².